The van der Waals surface area contributed by atoms with E-state index < -0.39 is 23.3 Å². The van der Waals surface area contributed by atoms with Crippen LogP contribution in [0.2, 0.25) is 0 Å². The lowest BCUT2D eigenvalue weighted by Gasteiger charge is -2.49. The van der Waals surface area contributed by atoms with Gasteiger partial charge in [0.25, 0.3) is 5.91 Å². The van der Waals surface area contributed by atoms with Crippen molar-refractivity contribution in [2.75, 3.05) is 5.75 Å². The third kappa shape index (κ3) is 4.16. The molecule has 1 saturated heterocycles. The molecule has 2 N–H and O–H groups in total. The van der Waals surface area contributed by atoms with E-state index in [4.69, 9.17) is 0 Å². The fourth-order valence-electron chi connectivity index (χ4n) is 3.12. The molecule has 11 heteroatoms. The van der Waals surface area contributed by atoms with E-state index in [1.165, 1.54) is 40.0 Å². The van der Waals surface area contributed by atoms with Crippen LogP contribution in [0.15, 0.2) is 47.1 Å². The molecule has 0 unspecified atom stereocenters. The van der Waals surface area contributed by atoms with Gasteiger partial charge in [0.15, 0.2) is 0 Å². The average molecular weight is 449 g/mol. The van der Waals surface area contributed by atoms with E-state index in [1.54, 1.807) is 6.20 Å². The fourth-order valence-corrected chi connectivity index (χ4v) is 6.24. The van der Waals surface area contributed by atoms with Gasteiger partial charge in [0.05, 0.1) is 17.5 Å². The molecule has 4 rings (SSSR count). The Balaban J connectivity index is 1.43. The second-order valence-corrected chi connectivity index (χ2v) is 9.41. The van der Waals surface area contributed by atoms with Crippen molar-refractivity contribution in [3.63, 3.8) is 0 Å². The molecule has 0 spiro atoms. The first kappa shape index (κ1) is 19.9. The highest BCUT2D eigenvalue weighted by molar-refractivity contribution is 8.05. The van der Waals surface area contributed by atoms with Gasteiger partial charge in [0.2, 0.25) is 5.91 Å². The maximum absolute atomic E-state index is 12.7. The summed E-state index contributed by atoms with van der Waals surface area (Å²) in [5, 5.41) is 15.8. The first-order chi connectivity index (χ1) is 14.0. The van der Waals surface area contributed by atoms with Crippen molar-refractivity contribution in [2.24, 2.45) is 0 Å². The van der Waals surface area contributed by atoms with Crippen LogP contribution in [-0.4, -0.2) is 54.5 Å². The van der Waals surface area contributed by atoms with Gasteiger partial charge in [-0.3, -0.25) is 14.5 Å². The number of β-lactam (4-membered cyclic amide) rings is 1. The maximum Gasteiger partial charge on any atom is 0.353 e. The van der Waals surface area contributed by atoms with Crippen molar-refractivity contribution >= 4 is 52.8 Å². The molecule has 150 valence electrons. The van der Waals surface area contributed by atoms with Crippen molar-refractivity contribution in [1.82, 2.24) is 19.8 Å². The van der Waals surface area contributed by atoms with E-state index in [0.29, 0.717) is 16.4 Å². The number of nitrogens with one attached hydrogen (secondary N) is 1. The summed E-state index contributed by atoms with van der Waals surface area (Å²) in [6.45, 7) is 0. The summed E-state index contributed by atoms with van der Waals surface area (Å²) in [6, 6.07) is 8.55. The molecule has 1 aromatic carbocycles. The van der Waals surface area contributed by atoms with Crippen LogP contribution in [0.1, 0.15) is 10.4 Å². The van der Waals surface area contributed by atoms with E-state index in [-0.39, 0.29) is 18.0 Å². The number of carbonyl (C=O) groups is 3. The molecule has 2 aliphatic rings. The summed E-state index contributed by atoms with van der Waals surface area (Å²) in [7, 11) is 0. The molecule has 1 aromatic heterocycles. The minimum Gasteiger partial charge on any atom is -0.477 e. The molecule has 8 nitrogen and oxygen atoms in total. The number of carboxylic acids is 1. The number of rotatable bonds is 7. The van der Waals surface area contributed by atoms with Crippen LogP contribution >= 0.6 is 35.1 Å². The Kier molecular flexibility index (Phi) is 5.88. The summed E-state index contributed by atoms with van der Waals surface area (Å²) in [6.07, 6.45) is 1.82. The molecule has 0 saturated carbocycles. The van der Waals surface area contributed by atoms with Crippen LogP contribution in [0.5, 0.6) is 0 Å². The van der Waals surface area contributed by atoms with Gasteiger partial charge < -0.3 is 10.4 Å². The zero-order chi connectivity index (χ0) is 20.4. The number of fused-ring (bicyclic) bond motifs is 1. The molecule has 0 aliphatic carbocycles. The Morgan fingerprint density at radius 1 is 1.31 bits per heavy atom. The summed E-state index contributed by atoms with van der Waals surface area (Å²) in [5.74, 6) is -0.763. The van der Waals surface area contributed by atoms with Gasteiger partial charge in [-0.05, 0) is 17.1 Å². The number of thioether (sulfide) groups is 2. The highest BCUT2D eigenvalue weighted by atomic mass is 32.2. The summed E-state index contributed by atoms with van der Waals surface area (Å²) in [5.41, 5.74) is 0.863. The molecule has 2 aromatic rings. The lowest BCUT2D eigenvalue weighted by Crippen LogP contribution is -2.70. The number of aromatic nitrogens is 2. The maximum atomic E-state index is 12.7. The van der Waals surface area contributed by atoms with Gasteiger partial charge in [0.1, 0.15) is 17.1 Å². The highest BCUT2D eigenvalue weighted by Gasteiger charge is 2.54. The van der Waals surface area contributed by atoms with Crippen molar-refractivity contribution in [1.29, 1.82) is 0 Å². The van der Waals surface area contributed by atoms with E-state index in [0.717, 1.165) is 10.4 Å². The zero-order valence-electron chi connectivity index (χ0n) is 15.0. The Bertz CT molecular complexity index is 965. The average Bonchev–Trinajstić information content (AvgIpc) is 3.24. The quantitative estimate of drug-likeness (QED) is 0.616. The lowest BCUT2D eigenvalue weighted by atomic mass is 10.0. The van der Waals surface area contributed by atoms with Crippen LogP contribution in [0.3, 0.4) is 0 Å². The Morgan fingerprint density at radius 3 is 2.79 bits per heavy atom. The molecule has 2 amide bonds. The van der Waals surface area contributed by atoms with E-state index in [9.17, 15) is 19.5 Å². The summed E-state index contributed by atoms with van der Waals surface area (Å²) in [4.78, 5) is 39.7. The monoisotopic (exact) mass is 448 g/mol. The molecule has 29 heavy (non-hydrogen) atoms. The minimum atomic E-state index is -1.14. The molecule has 0 bridgehead atoms. The van der Waals surface area contributed by atoms with Crippen molar-refractivity contribution in [3.05, 3.63) is 57.6 Å². The van der Waals surface area contributed by atoms with Crippen LogP contribution < -0.4 is 5.32 Å². The normalized spacial score (nSPS) is 20.8. The number of amides is 2. The topological polar surface area (TPSA) is 112 Å². The van der Waals surface area contributed by atoms with Gasteiger partial charge in [-0.1, -0.05) is 34.8 Å². The van der Waals surface area contributed by atoms with Gasteiger partial charge in [-0.25, -0.2) is 4.79 Å². The first-order valence-electron chi connectivity index (χ1n) is 8.68. The first-order valence-corrected chi connectivity index (χ1v) is 11.5. The second-order valence-electron chi connectivity index (χ2n) is 6.37. The van der Waals surface area contributed by atoms with E-state index >= 15 is 0 Å². The number of carboxylic acid groups (broad SMARTS) is 1. The molecule has 1 fully saturated rings. The third-order valence-electron chi connectivity index (χ3n) is 4.46. The van der Waals surface area contributed by atoms with Crippen LogP contribution in [-0.2, 0) is 26.6 Å². The van der Waals surface area contributed by atoms with Crippen molar-refractivity contribution < 1.29 is 19.5 Å². The molecular formula is C18H16N4O4S3. The Hall–Kier alpha value is -2.37. The molecule has 0 radical (unpaired) electrons. The predicted octanol–water partition coefficient (Wildman–Crippen LogP) is 1.71. The van der Waals surface area contributed by atoms with E-state index in [2.05, 4.69) is 14.9 Å². The molecule has 2 atom stereocenters. The number of benzene rings is 1. The standard InChI is InChI=1S/C18H16N4O4S3/c23-13(6-10-4-2-1-3-5-10)20-14-16(24)22-15(18(25)26)12(9-28-17(14)22)27-8-11-7-19-21-29-11/h1-5,7,14,17H,6,8-9H2,(H,20,23)(H,25,26)/t14-,17-/m1/s1. The van der Waals surface area contributed by atoms with Gasteiger partial charge in [-0.15, -0.1) is 28.6 Å². The van der Waals surface area contributed by atoms with Gasteiger partial charge >= 0.3 is 5.97 Å². The SMILES string of the molecule is O=C(Cc1ccccc1)N[C@@H]1C(=O)N2C(C(=O)O)=C(SCc3cnns3)CS[C@H]12. The summed E-state index contributed by atoms with van der Waals surface area (Å²) < 4.78 is 3.79. The largest absolute Gasteiger partial charge is 0.477 e. The molecule has 3 heterocycles. The van der Waals surface area contributed by atoms with Crippen LogP contribution in [0, 0.1) is 0 Å². The van der Waals surface area contributed by atoms with Gasteiger partial charge in [-0.2, -0.15) is 0 Å². The highest BCUT2D eigenvalue weighted by Crippen LogP contribution is 2.44. The number of nitrogens with zero attached hydrogens (tertiary/aromatic N) is 3. The van der Waals surface area contributed by atoms with Crippen molar-refractivity contribution in [3.8, 4) is 0 Å². The third-order valence-corrected chi connectivity index (χ3v) is 7.90. The molecular weight excluding hydrogens is 432 g/mol. The minimum absolute atomic E-state index is 0.00906. The second kappa shape index (κ2) is 8.56. The Morgan fingerprint density at radius 2 is 2.10 bits per heavy atom. The number of hydrogen-bond acceptors (Lipinski definition) is 8. The molecule has 2 aliphatic heterocycles. The smallest absolute Gasteiger partial charge is 0.353 e. The van der Waals surface area contributed by atoms with Crippen LogP contribution in [0.4, 0.5) is 0 Å². The number of aliphatic carboxylic acids is 1. The lowest BCUT2D eigenvalue weighted by molar-refractivity contribution is -0.150. The van der Waals surface area contributed by atoms with E-state index in [1.807, 2.05) is 30.3 Å². The van der Waals surface area contributed by atoms with Gasteiger partial charge in [0, 0.05) is 16.4 Å². The number of carbonyl (C=O) groups excluding carboxylic acids is 2. The summed E-state index contributed by atoms with van der Waals surface area (Å²) >= 11 is 4.10. The van der Waals surface area contributed by atoms with Crippen molar-refractivity contribution in [2.45, 2.75) is 23.6 Å². The number of hydrogen-bond donors (Lipinski definition) is 2. The fraction of sp³-hybridized carbons (Fsp3) is 0.278. The Labute approximate surface area is 178 Å². The van der Waals surface area contributed by atoms with Crippen LogP contribution in [0.25, 0.3) is 0 Å². The zero-order valence-corrected chi connectivity index (χ0v) is 17.4. The predicted molar refractivity (Wildman–Crippen MR) is 111 cm³/mol.